The Hall–Kier alpha value is -3.12. The Morgan fingerprint density at radius 2 is 1.90 bits per heavy atom. The highest BCUT2D eigenvalue weighted by Crippen LogP contribution is 2.38. The number of pyridine rings is 1. The molecule has 5 nitrogen and oxygen atoms in total. The Labute approximate surface area is 173 Å². The third kappa shape index (κ3) is 3.51. The molecule has 2 heterocycles. The first-order valence-corrected chi connectivity index (χ1v) is 9.66. The predicted octanol–water partition coefficient (Wildman–Crippen LogP) is 4.11. The number of carbonyl (C=O) groups excluding carboxylic acids is 1. The molecule has 0 spiro atoms. The van der Waals surface area contributed by atoms with E-state index >= 15 is 0 Å². The summed E-state index contributed by atoms with van der Waals surface area (Å²) < 4.78 is 14.3. The fourth-order valence-corrected chi connectivity index (χ4v) is 4.00. The fourth-order valence-electron chi connectivity index (χ4n) is 3.73. The van der Waals surface area contributed by atoms with Crippen LogP contribution in [-0.4, -0.2) is 42.0 Å². The molecule has 2 aromatic carbocycles. The quantitative estimate of drug-likeness (QED) is 0.660. The summed E-state index contributed by atoms with van der Waals surface area (Å²) in [4.78, 5) is 20.2. The van der Waals surface area contributed by atoms with Crippen LogP contribution in [0.3, 0.4) is 0 Å². The van der Waals surface area contributed by atoms with Crippen molar-refractivity contribution in [3.8, 4) is 11.1 Å². The van der Waals surface area contributed by atoms with E-state index in [-0.39, 0.29) is 11.7 Å². The molecule has 0 atom stereocenters. The first-order valence-electron chi connectivity index (χ1n) is 9.28. The monoisotopic (exact) mass is 410 g/mol. The van der Waals surface area contributed by atoms with E-state index in [0.29, 0.717) is 53.5 Å². The Bertz CT molecular complexity index is 1110. The molecule has 29 heavy (non-hydrogen) atoms. The van der Waals surface area contributed by atoms with Gasteiger partial charge in [0.15, 0.2) is 0 Å². The van der Waals surface area contributed by atoms with Crippen LogP contribution in [-0.2, 0) is 4.79 Å². The number of piperazine rings is 1. The predicted molar refractivity (Wildman–Crippen MR) is 116 cm³/mol. The molecule has 7 heteroatoms. The lowest BCUT2D eigenvalue weighted by Gasteiger charge is -2.36. The molecule has 4 rings (SSSR count). The molecular formula is C22H20ClFN4O. The summed E-state index contributed by atoms with van der Waals surface area (Å²) in [6.07, 6.45) is 2.94. The van der Waals surface area contributed by atoms with Crippen LogP contribution in [0.1, 0.15) is 0 Å². The maximum Gasteiger partial charge on any atom is 0.246 e. The van der Waals surface area contributed by atoms with Crippen LogP contribution in [0.2, 0.25) is 5.02 Å². The Balaban J connectivity index is 1.75. The van der Waals surface area contributed by atoms with E-state index in [2.05, 4.69) is 16.5 Å². The van der Waals surface area contributed by atoms with Crippen LogP contribution in [0.15, 0.2) is 55.3 Å². The third-order valence-corrected chi connectivity index (χ3v) is 5.52. The molecule has 1 aromatic heterocycles. The van der Waals surface area contributed by atoms with Crippen molar-refractivity contribution < 1.29 is 9.18 Å². The van der Waals surface area contributed by atoms with E-state index in [0.717, 1.165) is 11.1 Å². The minimum atomic E-state index is -0.340. The van der Waals surface area contributed by atoms with Crippen molar-refractivity contribution in [3.05, 3.63) is 66.1 Å². The number of halogens is 2. The van der Waals surface area contributed by atoms with Gasteiger partial charge in [0.1, 0.15) is 5.82 Å². The van der Waals surface area contributed by atoms with Gasteiger partial charge in [0.2, 0.25) is 5.91 Å². The van der Waals surface area contributed by atoms with Gasteiger partial charge in [0, 0.05) is 47.7 Å². The molecular weight excluding hydrogens is 391 g/mol. The number of carbonyl (C=O) groups is 1. The van der Waals surface area contributed by atoms with Crippen LogP contribution < -0.4 is 10.6 Å². The molecule has 0 aliphatic carbocycles. The summed E-state index contributed by atoms with van der Waals surface area (Å²) in [5.41, 5.74) is 9.32. The lowest BCUT2D eigenvalue weighted by molar-refractivity contribution is -0.126. The molecule has 148 valence electrons. The molecule has 1 aliphatic heterocycles. The maximum absolute atomic E-state index is 14.3. The summed E-state index contributed by atoms with van der Waals surface area (Å²) in [7, 11) is 0. The highest BCUT2D eigenvalue weighted by Gasteiger charge is 2.23. The minimum absolute atomic E-state index is 0.0743. The van der Waals surface area contributed by atoms with Crippen molar-refractivity contribution in [2.75, 3.05) is 36.8 Å². The van der Waals surface area contributed by atoms with Crippen molar-refractivity contribution in [3.63, 3.8) is 0 Å². The Kier molecular flexibility index (Phi) is 5.11. The zero-order valence-electron chi connectivity index (χ0n) is 15.7. The van der Waals surface area contributed by atoms with Gasteiger partial charge in [-0.1, -0.05) is 36.4 Å². The smallest absolute Gasteiger partial charge is 0.246 e. The summed E-state index contributed by atoms with van der Waals surface area (Å²) >= 11 is 6.54. The number of nitrogen functional groups attached to an aromatic ring is 1. The van der Waals surface area contributed by atoms with Crippen LogP contribution in [0.25, 0.3) is 22.0 Å². The van der Waals surface area contributed by atoms with Crippen molar-refractivity contribution in [2.24, 2.45) is 0 Å². The number of amides is 1. The molecule has 0 saturated carbocycles. The van der Waals surface area contributed by atoms with E-state index in [1.807, 2.05) is 0 Å². The molecule has 1 fully saturated rings. The number of nitrogens with zero attached hydrogens (tertiary/aromatic N) is 3. The highest BCUT2D eigenvalue weighted by atomic mass is 35.5. The number of anilines is 2. The van der Waals surface area contributed by atoms with E-state index in [1.54, 1.807) is 41.4 Å². The molecule has 2 N–H and O–H groups in total. The number of aromatic nitrogens is 1. The number of fused-ring (bicyclic) bond motifs is 1. The van der Waals surface area contributed by atoms with Crippen molar-refractivity contribution in [1.29, 1.82) is 0 Å². The molecule has 3 aromatic rings. The van der Waals surface area contributed by atoms with Gasteiger partial charge in [-0.05, 0) is 24.3 Å². The number of benzene rings is 2. The highest BCUT2D eigenvalue weighted by molar-refractivity contribution is 6.34. The molecule has 0 unspecified atom stereocenters. The minimum Gasteiger partial charge on any atom is -0.396 e. The first kappa shape index (κ1) is 19.2. The average Bonchev–Trinajstić information content (AvgIpc) is 2.73. The van der Waals surface area contributed by atoms with E-state index in [1.165, 1.54) is 12.1 Å². The van der Waals surface area contributed by atoms with Crippen molar-refractivity contribution >= 4 is 39.8 Å². The van der Waals surface area contributed by atoms with Crippen molar-refractivity contribution in [2.45, 2.75) is 0 Å². The van der Waals surface area contributed by atoms with Gasteiger partial charge in [0.05, 0.1) is 23.1 Å². The second-order valence-corrected chi connectivity index (χ2v) is 7.31. The summed E-state index contributed by atoms with van der Waals surface area (Å²) in [6, 6.07) is 10.1. The molecule has 0 radical (unpaired) electrons. The number of hydrogen-bond donors (Lipinski definition) is 1. The lowest BCUT2D eigenvalue weighted by atomic mass is 10.0. The van der Waals surface area contributed by atoms with Gasteiger partial charge in [0.25, 0.3) is 0 Å². The Morgan fingerprint density at radius 3 is 2.59 bits per heavy atom. The summed E-state index contributed by atoms with van der Waals surface area (Å²) in [5.74, 6) is -0.415. The Morgan fingerprint density at radius 1 is 1.17 bits per heavy atom. The SMILES string of the molecule is C=CC(=O)N1CCN(c2c(N)cnc3cc(-c4ccccc4F)c(Cl)cc23)CC1. The molecule has 1 aliphatic rings. The van der Waals surface area contributed by atoms with E-state index < -0.39 is 0 Å². The van der Waals surface area contributed by atoms with Gasteiger partial charge >= 0.3 is 0 Å². The molecule has 1 amide bonds. The maximum atomic E-state index is 14.3. The van der Waals surface area contributed by atoms with E-state index in [9.17, 15) is 9.18 Å². The van der Waals surface area contributed by atoms with Crippen LogP contribution in [0.4, 0.5) is 15.8 Å². The van der Waals surface area contributed by atoms with Crippen LogP contribution in [0, 0.1) is 5.82 Å². The zero-order chi connectivity index (χ0) is 20.5. The largest absolute Gasteiger partial charge is 0.396 e. The first-order chi connectivity index (χ1) is 14.0. The van der Waals surface area contributed by atoms with Gasteiger partial charge in [-0.2, -0.15) is 0 Å². The third-order valence-electron chi connectivity index (χ3n) is 5.20. The van der Waals surface area contributed by atoms with Crippen LogP contribution >= 0.6 is 11.6 Å². The summed E-state index contributed by atoms with van der Waals surface area (Å²) in [6.45, 7) is 5.97. The summed E-state index contributed by atoms with van der Waals surface area (Å²) in [5, 5.41) is 1.23. The van der Waals surface area contributed by atoms with Gasteiger partial charge in [-0.25, -0.2) is 4.39 Å². The number of rotatable bonds is 3. The van der Waals surface area contributed by atoms with Crippen molar-refractivity contribution in [1.82, 2.24) is 9.88 Å². The van der Waals surface area contributed by atoms with Gasteiger partial charge in [-0.3, -0.25) is 9.78 Å². The zero-order valence-corrected chi connectivity index (χ0v) is 16.5. The lowest BCUT2D eigenvalue weighted by Crippen LogP contribution is -2.48. The fraction of sp³-hybridized carbons (Fsp3) is 0.182. The van der Waals surface area contributed by atoms with Gasteiger partial charge < -0.3 is 15.5 Å². The number of nitrogens with two attached hydrogens (primary N) is 1. The number of hydrogen-bond acceptors (Lipinski definition) is 4. The molecule has 1 saturated heterocycles. The van der Waals surface area contributed by atoms with Crippen LogP contribution in [0.5, 0.6) is 0 Å². The second kappa shape index (κ2) is 7.72. The topological polar surface area (TPSA) is 62.5 Å². The standard InChI is InChI=1S/C22H20ClFN4O/c1-2-21(29)27-7-9-28(10-8-27)22-16-11-17(23)15(12-20(16)26-13-19(22)25)14-5-3-4-6-18(14)24/h2-6,11-13H,1,7-10,25H2. The molecule has 0 bridgehead atoms. The second-order valence-electron chi connectivity index (χ2n) is 6.91. The van der Waals surface area contributed by atoms with Gasteiger partial charge in [-0.15, -0.1) is 0 Å². The van der Waals surface area contributed by atoms with E-state index in [4.69, 9.17) is 17.3 Å². The average molecular weight is 411 g/mol. The normalized spacial score (nSPS) is 14.3.